The van der Waals surface area contributed by atoms with Crippen LogP contribution in [0, 0.1) is 20.8 Å². The Balaban J connectivity index is 1.54. The maximum absolute atomic E-state index is 6.55. The molecular formula is C42H42N3O+. The topological polar surface area (TPSA) is 34.8 Å². The van der Waals surface area contributed by atoms with E-state index in [2.05, 4.69) is 162 Å². The molecule has 0 fully saturated rings. The normalized spacial score (nSPS) is 11.9. The van der Waals surface area contributed by atoms with Crippen LogP contribution in [0.25, 0.3) is 61.8 Å². The molecule has 0 atom stereocenters. The van der Waals surface area contributed by atoms with E-state index in [4.69, 9.17) is 9.40 Å². The fourth-order valence-electron chi connectivity index (χ4n) is 7.04. The number of imidazole rings is 1. The molecule has 0 radical (unpaired) electrons. The summed E-state index contributed by atoms with van der Waals surface area (Å²) in [5, 5.41) is 0. The Bertz CT molecular complexity index is 2200. The lowest BCUT2D eigenvalue weighted by Gasteiger charge is -2.21. The van der Waals surface area contributed by atoms with Crippen LogP contribution < -0.4 is 4.57 Å². The first-order chi connectivity index (χ1) is 22.1. The van der Waals surface area contributed by atoms with Gasteiger partial charge in [-0.05, 0) is 96.8 Å². The number of aromatic nitrogens is 3. The second-order valence-corrected chi connectivity index (χ2v) is 13.3. The lowest BCUT2D eigenvalue weighted by Crippen LogP contribution is -2.30. The quantitative estimate of drug-likeness (QED) is 0.177. The highest BCUT2D eigenvalue weighted by atomic mass is 16.3. The SMILES string of the molecule is Cc1cc2nc(-c3c(C)cccc3C)oc2cc1-c1n(-c2c(C(C)C)cc(-c3ccccc3)cc2C(C)C)c2ccccc2[n+]1C. The molecule has 0 N–H and O–H groups in total. The minimum absolute atomic E-state index is 0.313. The van der Waals surface area contributed by atoms with Crippen molar-refractivity contribution in [2.75, 3.05) is 0 Å². The van der Waals surface area contributed by atoms with Crippen molar-refractivity contribution in [2.24, 2.45) is 7.05 Å². The fourth-order valence-corrected chi connectivity index (χ4v) is 7.04. The van der Waals surface area contributed by atoms with E-state index in [1.807, 2.05) is 0 Å². The van der Waals surface area contributed by atoms with Gasteiger partial charge < -0.3 is 4.42 Å². The van der Waals surface area contributed by atoms with Gasteiger partial charge in [0.1, 0.15) is 11.2 Å². The number of benzene rings is 5. The Hall–Kier alpha value is -4.96. The van der Waals surface area contributed by atoms with Crippen molar-refractivity contribution in [1.82, 2.24) is 9.55 Å². The number of aryl methyl sites for hydroxylation is 4. The summed E-state index contributed by atoms with van der Waals surface area (Å²) in [4.78, 5) is 4.98. The molecule has 0 saturated heterocycles. The molecule has 2 heterocycles. The van der Waals surface area contributed by atoms with Crippen molar-refractivity contribution in [3.63, 3.8) is 0 Å². The Morgan fingerprint density at radius 3 is 1.96 bits per heavy atom. The molecule has 0 bridgehead atoms. The molecule has 2 aromatic heterocycles. The number of oxazole rings is 1. The van der Waals surface area contributed by atoms with E-state index >= 15 is 0 Å². The minimum atomic E-state index is 0.313. The van der Waals surface area contributed by atoms with Gasteiger partial charge in [-0.3, -0.25) is 0 Å². The first-order valence-corrected chi connectivity index (χ1v) is 16.3. The molecule has 0 unspecified atom stereocenters. The molecule has 4 heteroatoms. The molecule has 0 aliphatic rings. The predicted molar refractivity (Wildman–Crippen MR) is 191 cm³/mol. The monoisotopic (exact) mass is 604 g/mol. The van der Waals surface area contributed by atoms with Gasteiger partial charge in [-0.25, -0.2) is 9.55 Å². The van der Waals surface area contributed by atoms with E-state index in [1.165, 1.54) is 39.0 Å². The van der Waals surface area contributed by atoms with Crippen molar-refractivity contribution in [1.29, 1.82) is 0 Å². The number of hydrogen-bond donors (Lipinski definition) is 0. The highest BCUT2D eigenvalue weighted by Crippen LogP contribution is 2.41. The van der Waals surface area contributed by atoms with E-state index in [-0.39, 0.29) is 0 Å². The molecule has 7 rings (SSSR count). The van der Waals surface area contributed by atoms with Crippen LogP contribution in [0.3, 0.4) is 0 Å². The maximum atomic E-state index is 6.55. The van der Waals surface area contributed by atoms with Gasteiger partial charge in [0.15, 0.2) is 16.6 Å². The zero-order valence-corrected chi connectivity index (χ0v) is 28.1. The van der Waals surface area contributed by atoms with Crippen LogP contribution in [-0.4, -0.2) is 9.55 Å². The summed E-state index contributed by atoms with van der Waals surface area (Å²) in [5.41, 5.74) is 16.2. The van der Waals surface area contributed by atoms with Crippen LogP contribution in [0.15, 0.2) is 101 Å². The zero-order chi connectivity index (χ0) is 32.3. The second kappa shape index (κ2) is 11.4. The van der Waals surface area contributed by atoms with Gasteiger partial charge in [0.2, 0.25) is 5.89 Å². The summed E-state index contributed by atoms with van der Waals surface area (Å²) in [6.45, 7) is 15.7. The van der Waals surface area contributed by atoms with Crippen LogP contribution in [-0.2, 0) is 7.05 Å². The zero-order valence-electron chi connectivity index (χ0n) is 28.1. The molecule has 5 aromatic carbocycles. The molecule has 0 saturated carbocycles. The smallest absolute Gasteiger partial charge is 0.295 e. The number of nitrogens with zero attached hydrogens (tertiary/aromatic N) is 3. The summed E-state index contributed by atoms with van der Waals surface area (Å²) in [5.74, 6) is 2.43. The third kappa shape index (κ3) is 4.84. The van der Waals surface area contributed by atoms with E-state index in [1.54, 1.807) is 0 Å². The van der Waals surface area contributed by atoms with Crippen molar-refractivity contribution in [2.45, 2.75) is 60.3 Å². The summed E-state index contributed by atoms with van der Waals surface area (Å²) < 4.78 is 11.4. The van der Waals surface area contributed by atoms with Crippen LogP contribution >= 0.6 is 0 Å². The first-order valence-electron chi connectivity index (χ1n) is 16.3. The van der Waals surface area contributed by atoms with Crippen molar-refractivity contribution in [3.8, 4) is 39.7 Å². The Morgan fingerprint density at radius 2 is 1.30 bits per heavy atom. The van der Waals surface area contributed by atoms with Crippen LogP contribution in [0.5, 0.6) is 0 Å². The summed E-state index contributed by atoms with van der Waals surface area (Å²) in [6.07, 6.45) is 0. The van der Waals surface area contributed by atoms with Crippen molar-refractivity contribution >= 4 is 22.1 Å². The Morgan fingerprint density at radius 1 is 0.674 bits per heavy atom. The van der Waals surface area contributed by atoms with E-state index in [0.29, 0.717) is 17.7 Å². The molecule has 0 spiro atoms. The van der Waals surface area contributed by atoms with Gasteiger partial charge in [0.25, 0.3) is 5.82 Å². The van der Waals surface area contributed by atoms with Crippen LogP contribution in [0.2, 0.25) is 0 Å². The number of hydrogen-bond acceptors (Lipinski definition) is 2. The minimum Gasteiger partial charge on any atom is -0.436 e. The van der Waals surface area contributed by atoms with Gasteiger partial charge in [-0.15, -0.1) is 0 Å². The lowest BCUT2D eigenvalue weighted by atomic mass is 9.88. The number of fused-ring (bicyclic) bond motifs is 2. The summed E-state index contributed by atoms with van der Waals surface area (Å²) in [7, 11) is 2.18. The average Bonchev–Trinajstić information content (AvgIpc) is 3.57. The third-order valence-electron chi connectivity index (χ3n) is 9.43. The first kappa shape index (κ1) is 29.7. The van der Waals surface area contributed by atoms with E-state index in [9.17, 15) is 0 Å². The van der Waals surface area contributed by atoms with Gasteiger partial charge in [0.05, 0.1) is 12.6 Å². The van der Waals surface area contributed by atoms with E-state index in [0.717, 1.165) is 44.7 Å². The number of para-hydroxylation sites is 2. The van der Waals surface area contributed by atoms with Gasteiger partial charge in [-0.1, -0.05) is 88.4 Å². The second-order valence-electron chi connectivity index (χ2n) is 13.3. The van der Waals surface area contributed by atoms with Crippen LogP contribution in [0.4, 0.5) is 0 Å². The highest BCUT2D eigenvalue weighted by molar-refractivity contribution is 5.87. The predicted octanol–water partition coefficient (Wildman–Crippen LogP) is 10.8. The fraction of sp³-hybridized carbons (Fsp3) is 0.238. The van der Waals surface area contributed by atoms with E-state index < -0.39 is 0 Å². The molecule has 0 aliphatic heterocycles. The average molecular weight is 605 g/mol. The molecule has 46 heavy (non-hydrogen) atoms. The molecule has 230 valence electrons. The molecular weight excluding hydrogens is 562 g/mol. The number of rotatable bonds is 6. The van der Waals surface area contributed by atoms with Crippen LogP contribution in [0.1, 0.15) is 67.3 Å². The maximum Gasteiger partial charge on any atom is 0.295 e. The Labute approximate surface area is 272 Å². The lowest BCUT2D eigenvalue weighted by molar-refractivity contribution is -0.633. The molecule has 0 amide bonds. The Kier molecular flexibility index (Phi) is 7.39. The summed E-state index contributed by atoms with van der Waals surface area (Å²) in [6, 6.07) is 35.0. The van der Waals surface area contributed by atoms with Crippen molar-refractivity contribution < 1.29 is 8.98 Å². The van der Waals surface area contributed by atoms with Crippen molar-refractivity contribution in [3.05, 3.63) is 125 Å². The van der Waals surface area contributed by atoms with Gasteiger partial charge >= 0.3 is 0 Å². The van der Waals surface area contributed by atoms with Gasteiger partial charge in [-0.2, -0.15) is 4.57 Å². The molecule has 4 nitrogen and oxygen atoms in total. The molecule has 7 aromatic rings. The highest BCUT2D eigenvalue weighted by Gasteiger charge is 2.32. The molecule has 0 aliphatic carbocycles. The third-order valence-corrected chi connectivity index (χ3v) is 9.43. The standard InChI is InChI=1S/C42H42N3O/c1-25(2)32-22-31(30-17-10-9-11-18-30)23-33(26(3)4)40(32)45-37-20-13-12-19-36(37)44(8)42(45)34-24-38-35(21-29(34)7)43-41(46-38)39-27(5)15-14-16-28(39)6/h9-26H,1-8H3/q+1. The largest absolute Gasteiger partial charge is 0.436 e. The summed E-state index contributed by atoms with van der Waals surface area (Å²) >= 11 is 0. The van der Waals surface area contributed by atoms with Gasteiger partial charge in [0, 0.05) is 16.7 Å².